The molecule has 0 spiro atoms. The van der Waals surface area contributed by atoms with Gasteiger partial charge in [-0.3, -0.25) is 4.79 Å². The lowest BCUT2D eigenvalue weighted by Crippen LogP contribution is -2.36. The van der Waals surface area contributed by atoms with Gasteiger partial charge in [-0.05, 0) is 45.0 Å². The van der Waals surface area contributed by atoms with Crippen molar-refractivity contribution in [2.75, 3.05) is 20.2 Å². The molecule has 146 valence electrons. The predicted octanol–water partition coefficient (Wildman–Crippen LogP) is 4.18. The smallest absolute Gasteiger partial charge is 0.410 e. The molecule has 0 aliphatic carbocycles. The van der Waals surface area contributed by atoms with Crippen LogP contribution in [0, 0.1) is 0 Å². The molecule has 1 N–H and O–H groups in total. The fraction of sp³-hybridized carbons (Fsp3) is 0.389. The number of hydrogen-bond donors (Lipinski definition) is 1. The number of halogens is 1. The van der Waals surface area contributed by atoms with Crippen molar-refractivity contribution in [1.29, 1.82) is 0 Å². The van der Waals surface area contributed by atoms with E-state index in [0.29, 0.717) is 21.5 Å². The van der Waals surface area contributed by atoms with E-state index in [-0.39, 0.29) is 12.5 Å². The van der Waals surface area contributed by atoms with Crippen LogP contribution in [0.3, 0.4) is 0 Å². The third kappa shape index (κ3) is 6.82. The van der Waals surface area contributed by atoms with Gasteiger partial charge < -0.3 is 19.7 Å². The van der Waals surface area contributed by atoms with Crippen LogP contribution in [0.4, 0.5) is 4.79 Å². The highest BCUT2D eigenvalue weighted by Crippen LogP contribution is 2.31. The van der Waals surface area contributed by atoms with Crippen molar-refractivity contribution in [2.24, 2.45) is 0 Å². The number of thioether (sulfide) groups is 1. The number of likely N-dealkylation sites (N-methyl/N-ethyl adjacent to an activating group) is 1. The molecule has 1 aromatic carbocycles. The van der Waals surface area contributed by atoms with Gasteiger partial charge in [0.2, 0.25) is 0 Å². The molecule has 0 radical (unpaired) electrons. The summed E-state index contributed by atoms with van der Waals surface area (Å²) in [6.45, 7) is 6.10. The average Bonchev–Trinajstić information content (AvgIpc) is 2.85. The Kier molecular flexibility index (Phi) is 7.30. The van der Waals surface area contributed by atoms with Crippen molar-refractivity contribution < 1.29 is 19.1 Å². The number of amides is 2. The zero-order valence-corrected chi connectivity index (χ0v) is 18.7. The number of carbonyl (C=O) groups is 2. The fourth-order valence-electron chi connectivity index (χ4n) is 2.05. The summed E-state index contributed by atoms with van der Waals surface area (Å²) in [4.78, 5) is 25.8. The number of rotatable bonds is 5. The van der Waals surface area contributed by atoms with Crippen molar-refractivity contribution >= 4 is 62.3 Å². The molecule has 2 rings (SSSR count). The summed E-state index contributed by atoms with van der Waals surface area (Å²) >= 11 is 9.65. The molecule has 0 unspecified atom stereocenters. The van der Waals surface area contributed by atoms with Crippen LogP contribution in [0.1, 0.15) is 26.3 Å². The lowest BCUT2D eigenvalue weighted by molar-refractivity contribution is -0.115. The van der Waals surface area contributed by atoms with Crippen LogP contribution in [-0.2, 0) is 9.53 Å². The molecule has 1 fully saturated rings. The van der Waals surface area contributed by atoms with Crippen molar-refractivity contribution in [1.82, 2.24) is 10.2 Å². The van der Waals surface area contributed by atoms with E-state index < -0.39 is 11.7 Å². The first-order chi connectivity index (χ1) is 12.5. The van der Waals surface area contributed by atoms with E-state index >= 15 is 0 Å². The highest BCUT2D eigenvalue weighted by atomic mass is 79.9. The number of thiocarbonyl (C=S) groups is 1. The molecule has 0 saturated carbocycles. The first-order valence-corrected chi connectivity index (χ1v) is 10.2. The number of hydrogen-bond acceptors (Lipinski definition) is 6. The first-order valence-electron chi connectivity index (χ1n) is 8.16. The molecule has 27 heavy (non-hydrogen) atoms. The van der Waals surface area contributed by atoms with Crippen LogP contribution < -0.4 is 10.1 Å². The van der Waals surface area contributed by atoms with Gasteiger partial charge in [-0.2, -0.15) is 0 Å². The van der Waals surface area contributed by atoms with Gasteiger partial charge in [-0.1, -0.05) is 39.9 Å². The summed E-state index contributed by atoms with van der Waals surface area (Å²) in [5, 5.41) is 2.59. The zero-order chi connectivity index (χ0) is 20.2. The minimum atomic E-state index is -0.544. The van der Waals surface area contributed by atoms with Crippen LogP contribution in [-0.4, -0.2) is 47.0 Å². The summed E-state index contributed by atoms with van der Waals surface area (Å²) in [5.74, 6) is 0.384. The summed E-state index contributed by atoms with van der Waals surface area (Å²) in [7, 11) is 1.66. The number of benzene rings is 1. The molecule has 2 amide bonds. The minimum absolute atomic E-state index is 0.222. The third-order valence-electron chi connectivity index (χ3n) is 3.29. The standard InChI is InChI=1S/C18H21BrN2O4S2/c1-18(2,3)25-17(23)21(4)7-8-24-13-6-5-12(19)9-11(13)10-14-15(22)20-16(26)27-14/h5-6,9-10H,7-8H2,1-4H3,(H,20,22,26)/b14-10+. The van der Waals surface area contributed by atoms with Crippen molar-refractivity contribution in [2.45, 2.75) is 26.4 Å². The largest absolute Gasteiger partial charge is 0.491 e. The first kappa shape index (κ1) is 21.7. The van der Waals surface area contributed by atoms with Crippen LogP contribution in [0.5, 0.6) is 5.75 Å². The number of nitrogens with zero attached hydrogens (tertiary/aromatic N) is 1. The molecule has 0 atom stereocenters. The molecule has 1 heterocycles. The van der Waals surface area contributed by atoms with E-state index in [1.807, 2.05) is 32.9 Å². The van der Waals surface area contributed by atoms with E-state index in [0.717, 1.165) is 10.0 Å². The molecule has 0 bridgehead atoms. The Balaban J connectivity index is 2.03. The lowest BCUT2D eigenvalue weighted by atomic mass is 10.2. The molecular formula is C18H21BrN2O4S2. The molecule has 0 aromatic heterocycles. The molecule has 1 aliphatic heterocycles. The van der Waals surface area contributed by atoms with Gasteiger partial charge >= 0.3 is 6.09 Å². The zero-order valence-electron chi connectivity index (χ0n) is 15.5. The molecule has 1 aromatic rings. The second kappa shape index (κ2) is 9.07. The van der Waals surface area contributed by atoms with Crippen LogP contribution in [0.2, 0.25) is 0 Å². The topological polar surface area (TPSA) is 67.9 Å². The van der Waals surface area contributed by atoms with Crippen LogP contribution >= 0.6 is 39.9 Å². The molecule has 1 saturated heterocycles. The van der Waals surface area contributed by atoms with Gasteiger partial charge in [0.15, 0.2) is 0 Å². The number of ether oxygens (including phenoxy) is 2. The van der Waals surface area contributed by atoms with E-state index in [4.69, 9.17) is 21.7 Å². The minimum Gasteiger partial charge on any atom is -0.491 e. The summed E-state index contributed by atoms with van der Waals surface area (Å²) in [6, 6.07) is 5.51. The SMILES string of the molecule is CN(CCOc1ccc(Br)cc1/C=C1/SC(=S)NC1=O)C(=O)OC(C)(C)C. The predicted molar refractivity (Wildman–Crippen MR) is 115 cm³/mol. The van der Waals surface area contributed by atoms with Crippen molar-refractivity contribution in [3.63, 3.8) is 0 Å². The Hall–Kier alpha value is -1.58. The summed E-state index contributed by atoms with van der Waals surface area (Å²) < 4.78 is 12.4. The normalized spacial score (nSPS) is 15.7. The van der Waals surface area contributed by atoms with E-state index in [1.165, 1.54) is 16.7 Å². The second-order valence-corrected chi connectivity index (χ2v) is 9.42. The Labute approximate surface area is 176 Å². The van der Waals surface area contributed by atoms with Crippen LogP contribution in [0.15, 0.2) is 27.6 Å². The van der Waals surface area contributed by atoms with Gasteiger partial charge in [-0.15, -0.1) is 0 Å². The van der Waals surface area contributed by atoms with Crippen LogP contribution in [0.25, 0.3) is 6.08 Å². The Morgan fingerprint density at radius 2 is 2.11 bits per heavy atom. The highest BCUT2D eigenvalue weighted by molar-refractivity contribution is 9.10. The quantitative estimate of drug-likeness (QED) is 0.511. The summed E-state index contributed by atoms with van der Waals surface area (Å²) in [6.07, 6.45) is 1.33. The Bertz CT molecular complexity index is 790. The van der Waals surface area contributed by atoms with Crippen molar-refractivity contribution in [3.05, 3.63) is 33.1 Å². The lowest BCUT2D eigenvalue weighted by Gasteiger charge is -2.24. The highest BCUT2D eigenvalue weighted by Gasteiger charge is 2.23. The molecule has 6 nitrogen and oxygen atoms in total. The maximum absolute atomic E-state index is 12.0. The third-order valence-corrected chi connectivity index (χ3v) is 4.95. The number of carbonyl (C=O) groups excluding carboxylic acids is 2. The molecule has 1 aliphatic rings. The van der Waals surface area contributed by atoms with Gasteiger partial charge in [0, 0.05) is 17.1 Å². The Morgan fingerprint density at radius 3 is 2.70 bits per heavy atom. The Morgan fingerprint density at radius 1 is 1.41 bits per heavy atom. The van der Waals surface area contributed by atoms with E-state index in [1.54, 1.807) is 19.2 Å². The second-order valence-electron chi connectivity index (χ2n) is 6.78. The fourth-order valence-corrected chi connectivity index (χ4v) is 3.46. The van der Waals surface area contributed by atoms with Gasteiger partial charge in [0.25, 0.3) is 5.91 Å². The maximum Gasteiger partial charge on any atom is 0.410 e. The van der Waals surface area contributed by atoms with E-state index in [2.05, 4.69) is 21.2 Å². The molecular weight excluding hydrogens is 452 g/mol. The van der Waals surface area contributed by atoms with Gasteiger partial charge in [0.1, 0.15) is 22.3 Å². The van der Waals surface area contributed by atoms with E-state index in [9.17, 15) is 9.59 Å². The van der Waals surface area contributed by atoms with Gasteiger partial charge in [0.05, 0.1) is 11.4 Å². The van der Waals surface area contributed by atoms with Crippen molar-refractivity contribution in [3.8, 4) is 5.75 Å². The molecule has 9 heteroatoms. The monoisotopic (exact) mass is 472 g/mol. The maximum atomic E-state index is 12.0. The summed E-state index contributed by atoms with van der Waals surface area (Å²) in [5.41, 5.74) is 0.198. The number of nitrogens with one attached hydrogen (secondary N) is 1. The average molecular weight is 473 g/mol. The van der Waals surface area contributed by atoms with Gasteiger partial charge in [-0.25, -0.2) is 4.79 Å².